The van der Waals surface area contributed by atoms with Crippen molar-refractivity contribution in [2.75, 3.05) is 25.0 Å². The van der Waals surface area contributed by atoms with E-state index in [0.29, 0.717) is 18.2 Å². The predicted octanol–water partition coefficient (Wildman–Crippen LogP) is 2.23. The molecule has 0 fully saturated rings. The van der Waals surface area contributed by atoms with Crippen LogP contribution in [-0.2, 0) is 4.74 Å². The summed E-state index contributed by atoms with van der Waals surface area (Å²) in [6.07, 6.45) is -0.452. The Morgan fingerprint density at radius 2 is 1.77 bits per heavy atom. The summed E-state index contributed by atoms with van der Waals surface area (Å²) in [7, 11) is 1.82. The van der Waals surface area contributed by atoms with Crippen LogP contribution in [0, 0.1) is 0 Å². The highest BCUT2D eigenvalue weighted by Crippen LogP contribution is 2.17. The molecule has 7 heteroatoms. The molecule has 0 spiro atoms. The first-order valence-electron chi connectivity index (χ1n) is 6.96. The molecule has 0 bridgehead atoms. The average Bonchev–Trinajstić information content (AvgIpc) is 2.41. The summed E-state index contributed by atoms with van der Waals surface area (Å²) < 4.78 is 5.13. The molecular formula is C15H23N3O3S. The number of alkyl carbamates (subject to hydrolysis) is 1. The van der Waals surface area contributed by atoms with Crippen molar-refractivity contribution in [2.45, 2.75) is 26.4 Å². The molecule has 0 radical (unpaired) electrons. The molecule has 0 atom stereocenters. The number of carbonyl (C=O) groups is 1. The first-order valence-corrected chi connectivity index (χ1v) is 7.37. The fraction of sp³-hybridized carbons (Fsp3) is 0.467. The maximum Gasteiger partial charge on any atom is 0.407 e. The topological polar surface area (TPSA) is 73.8 Å². The third-order valence-electron chi connectivity index (χ3n) is 2.61. The van der Waals surface area contributed by atoms with Crippen molar-refractivity contribution >= 4 is 29.1 Å². The van der Waals surface area contributed by atoms with E-state index in [1.807, 2.05) is 27.8 Å². The van der Waals surface area contributed by atoms with Gasteiger partial charge >= 0.3 is 6.09 Å². The summed E-state index contributed by atoms with van der Waals surface area (Å²) in [6, 6.07) is 6.72. The van der Waals surface area contributed by atoms with Crippen LogP contribution in [0.25, 0.3) is 0 Å². The van der Waals surface area contributed by atoms with Crippen LogP contribution in [0.1, 0.15) is 20.8 Å². The van der Waals surface area contributed by atoms with Crippen LogP contribution in [0.15, 0.2) is 24.3 Å². The van der Waals surface area contributed by atoms with Crippen LogP contribution >= 0.6 is 12.2 Å². The van der Waals surface area contributed by atoms with E-state index < -0.39 is 11.7 Å². The molecule has 0 unspecified atom stereocenters. The Morgan fingerprint density at radius 3 is 2.32 bits per heavy atom. The van der Waals surface area contributed by atoms with Crippen molar-refractivity contribution in [2.24, 2.45) is 0 Å². The van der Waals surface area contributed by atoms with Crippen molar-refractivity contribution in [3.63, 3.8) is 0 Å². The molecule has 0 aliphatic carbocycles. The van der Waals surface area contributed by atoms with Gasteiger partial charge in [-0.3, -0.25) is 0 Å². The zero-order valence-corrected chi connectivity index (χ0v) is 14.2. The van der Waals surface area contributed by atoms with Crippen LogP contribution in [0.2, 0.25) is 0 Å². The number of thiocarbonyl (C=S) groups is 1. The van der Waals surface area contributed by atoms with Gasteiger partial charge in [-0.2, -0.15) is 0 Å². The number of benzene rings is 1. The van der Waals surface area contributed by atoms with Crippen molar-refractivity contribution in [1.29, 1.82) is 0 Å². The summed E-state index contributed by atoms with van der Waals surface area (Å²) in [5.41, 5.74) is 0.349. The fourth-order valence-electron chi connectivity index (χ4n) is 1.56. The number of nitrogens with zero attached hydrogens (tertiary/aromatic N) is 1. The fourth-order valence-corrected chi connectivity index (χ4v) is 1.77. The number of anilines is 1. The summed E-state index contributed by atoms with van der Waals surface area (Å²) in [6.45, 7) is 6.32. The number of hydrogen-bond acceptors (Lipinski definition) is 4. The monoisotopic (exact) mass is 325 g/mol. The maximum atomic E-state index is 11.5. The summed E-state index contributed by atoms with van der Waals surface area (Å²) >= 11 is 5.27. The molecule has 122 valence electrons. The van der Waals surface area contributed by atoms with Crippen LogP contribution in [0.4, 0.5) is 10.5 Å². The smallest absolute Gasteiger partial charge is 0.407 e. The molecule has 1 amide bonds. The number of hydrogen-bond donors (Lipinski definition) is 3. The Labute approximate surface area is 136 Å². The van der Waals surface area contributed by atoms with Gasteiger partial charge in [-0.1, -0.05) is 0 Å². The van der Waals surface area contributed by atoms with Crippen molar-refractivity contribution in [3.8, 4) is 5.75 Å². The molecule has 1 aromatic rings. The van der Waals surface area contributed by atoms with E-state index >= 15 is 0 Å². The van der Waals surface area contributed by atoms with Crippen LogP contribution in [0.5, 0.6) is 5.75 Å². The predicted molar refractivity (Wildman–Crippen MR) is 91.3 cm³/mol. The second-order valence-electron chi connectivity index (χ2n) is 5.74. The van der Waals surface area contributed by atoms with Gasteiger partial charge in [-0.05, 0) is 57.3 Å². The molecule has 0 aliphatic rings. The number of amides is 1. The Bertz CT molecular complexity index is 512. The molecule has 3 N–H and O–H groups in total. The van der Waals surface area contributed by atoms with E-state index in [-0.39, 0.29) is 5.75 Å². The minimum Gasteiger partial charge on any atom is -0.508 e. The van der Waals surface area contributed by atoms with E-state index in [1.165, 1.54) is 0 Å². The van der Waals surface area contributed by atoms with Gasteiger partial charge in [-0.25, -0.2) is 4.79 Å². The van der Waals surface area contributed by atoms with E-state index in [0.717, 1.165) is 5.69 Å². The van der Waals surface area contributed by atoms with Crippen LogP contribution in [0.3, 0.4) is 0 Å². The average molecular weight is 325 g/mol. The molecule has 6 nitrogen and oxygen atoms in total. The van der Waals surface area contributed by atoms with Crippen molar-refractivity contribution in [1.82, 2.24) is 10.6 Å². The number of aromatic hydroxyl groups is 1. The van der Waals surface area contributed by atoms with Crippen molar-refractivity contribution in [3.05, 3.63) is 24.3 Å². The van der Waals surface area contributed by atoms with E-state index in [4.69, 9.17) is 17.0 Å². The first-order chi connectivity index (χ1) is 10.2. The van der Waals surface area contributed by atoms with Gasteiger partial charge in [0.25, 0.3) is 0 Å². The standard InChI is InChI=1S/C15H23N3O3S/c1-15(2,3)21-14(20)17-10-9-16-13(22)18(4)11-5-7-12(19)8-6-11/h5-8,19H,9-10H2,1-4H3,(H,16,22)(H,17,20). The molecule has 0 heterocycles. The molecule has 0 aromatic heterocycles. The minimum atomic E-state index is -0.508. The highest BCUT2D eigenvalue weighted by Gasteiger charge is 2.15. The van der Waals surface area contributed by atoms with Gasteiger partial charge in [0.05, 0.1) is 0 Å². The second-order valence-corrected chi connectivity index (χ2v) is 6.12. The number of phenols is 1. The van der Waals surface area contributed by atoms with E-state index in [1.54, 1.807) is 29.2 Å². The number of nitrogens with one attached hydrogen (secondary N) is 2. The number of carbonyl (C=O) groups excluding carboxylic acids is 1. The summed E-state index contributed by atoms with van der Waals surface area (Å²) in [4.78, 5) is 13.2. The highest BCUT2D eigenvalue weighted by atomic mass is 32.1. The highest BCUT2D eigenvalue weighted by molar-refractivity contribution is 7.80. The Kier molecular flexibility index (Phi) is 6.42. The molecule has 1 aromatic carbocycles. The third-order valence-corrected chi connectivity index (χ3v) is 3.03. The summed E-state index contributed by atoms with van der Waals surface area (Å²) in [5.74, 6) is 0.206. The van der Waals surface area contributed by atoms with Gasteiger partial charge in [0.2, 0.25) is 0 Å². The van der Waals surface area contributed by atoms with Gasteiger partial charge in [-0.15, -0.1) is 0 Å². The van der Waals surface area contributed by atoms with Crippen LogP contribution < -0.4 is 15.5 Å². The molecule has 0 aliphatic heterocycles. The van der Waals surface area contributed by atoms with Gasteiger partial charge in [0.15, 0.2) is 5.11 Å². The number of phenolic OH excluding ortho intramolecular Hbond substituents is 1. The lowest BCUT2D eigenvalue weighted by Gasteiger charge is -2.22. The molecule has 0 saturated heterocycles. The second kappa shape index (κ2) is 7.84. The molecule has 0 saturated carbocycles. The lowest BCUT2D eigenvalue weighted by molar-refractivity contribution is 0.0529. The quantitative estimate of drug-likeness (QED) is 0.582. The summed E-state index contributed by atoms with van der Waals surface area (Å²) in [5, 5.41) is 15.5. The largest absolute Gasteiger partial charge is 0.508 e. The SMILES string of the molecule is CN(C(=S)NCCNC(=O)OC(C)(C)C)c1ccc(O)cc1. The van der Waals surface area contributed by atoms with Gasteiger partial charge < -0.3 is 25.4 Å². The third kappa shape index (κ3) is 6.62. The lowest BCUT2D eigenvalue weighted by Crippen LogP contribution is -2.42. The van der Waals surface area contributed by atoms with Crippen molar-refractivity contribution < 1.29 is 14.6 Å². The van der Waals surface area contributed by atoms with E-state index in [9.17, 15) is 9.90 Å². The Hall–Kier alpha value is -2.02. The Balaban J connectivity index is 2.31. The molecular weight excluding hydrogens is 302 g/mol. The normalized spacial score (nSPS) is 10.7. The zero-order valence-electron chi connectivity index (χ0n) is 13.3. The Morgan fingerprint density at radius 1 is 1.23 bits per heavy atom. The minimum absolute atomic E-state index is 0.206. The lowest BCUT2D eigenvalue weighted by atomic mass is 10.2. The van der Waals surface area contributed by atoms with Gasteiger partial charge in [0, 0.05) is 25.8 Å². The van der Waals surface area contributed by atoms with Crippen LogP contribution in [-0.4, -0.2) is 42.1 Å². The first kappa shape index (κ1) is 18.0. The van der Waals surface area contributed by atoms with Gasteiger partial charge in [0.1, 0.15) is 11.4 Å². The maximum absolute atomic E-state index is 11.5. The zero-order chi connectivity index (χ0) is 16.8. The van der Waals surface area contributed by atoms with E-state index in [2.05, 4.69) is 10.6 Å². The number of rotatable bonds is 4. The molecule has 22 heavy (non-hydrogen) atoms. The molecule has 1 rings (SSSR count). The number of ether oxygens (including phenoxy) is 1.